The zero-order chi connectivity index (χ0) is 21.9. The molecule has 1 aliphatic rings. The van der Waals surface area contributed by atoms with Crippen LogP contribution in [0.2, 0.25) is 0 Å². The lowest BCUT2D eigenvalue weighted by Crippen LogP contribution is -2.29. The zero-order valence-corrected chi connectivity index (χ0v) is 16.9. The SMILES string of the molecule is O=C(NN=Cc1ccc2c(c1)OCO2)c1nn(Cc2ccccc2)c(=O)c2ccccc12. The summed E-state index contributed by atoms with van der Waals surface area (Å²) in [5.74, 6) is 0.781. The molecule has 2 heterocycles. The van der Waals surface area contributed by atoms with Crippen molar-refractivity contribution < 1.29 is 14.3 Å². The van der Waals surface area contributed by atoms with E-state index in [0.29, 0.717) is 22.3 Å². The van der Waals surface area contributed by atoms with E-state index in [1.807, 2.05) is 30.3 Å². The smallest absolute Gasteiger partial charge is 0.292 e. The second-order valence-corrected chi connectivity index (χ2v) is 7.15. The predicted molar refractivity (Wildman–Crippen MR) is 119 cm³/mol. The number of aromatic nitrogens is 2. The number of carbonyl (C=O) groups excluding carboxylic acids is 1. The Kier molecular flexibility index (Phi) is 5.09. The van der Waals surface area contributed by atoms with Gasteiger partial charge in [-0.25, -0.2) is 10.1 Å². The van der Waals surface area contributed by atoms with Crippen molar-refractivity contribution in [2.75, 3.05) is 6.79 Å². The number of nitrogens with zero attached hydrogens (tertiary/aromatic N) is 3. The summed E-state index contributed by atoms with van der Waals surface area (Å²) < 4.78 is 11.9. The van der Waals surface area contributed by atoms with E-state index >= 15 is 0 Å². The first-order valence-electron chi connectivity index (χ1n) is 9.96. The van der Waals surface area contributed by atoms with Gasteiger partial charge in [0.2, 0.25) is 6.79 Å². The maximum Gasteiger partial charge on any atom is 0.292 e. The Balaban J connectivity index is 1.44. The fraction of sp³-hybridized carbons (Fsp3) is 0.0833. The van der Waals surface area contributed by atoms with Gasteiger partial charge in [0.15, 0.2) is 17.2 Å². The Labute approximate surface area is 182 Å². The topological polar surface area (TPSA) is 94.8 Å². The minimum Gasteiger partial charge on any atom is -0.454 e. The van der Waals surface area contributed by atoms with Crippen molar-refractivity contribution in [2.24, 2.45) is 5.10 Å². The van der Waals surface area contributed by atoms with Crippen molar-refractivity contribution >= 4 is 22.9 Å². The Morgan fingerprint density at radius 1 is 1.00 bits per heavy atom. The molecule has 8 nitrogen and oxygen atoms in total. The second kappa shape index (κ2) is 8.35. The molecule has 32 heavy (non-hydrogen) atoms. The molecule has 1 aromatic heterocycles. The first-order chi connectivity index (χ1) is 15.7. The summed E-state index contributed by atoms with van der Waals surface area (Å²) in [6.45, 7) is 0.440. The van der Waals surface area contributed by atoms with Crippen molar-refractivity contribution in [3.8, 4) is 11.5 Å². The van der Waals surface area contributed by atoms with Crippen LogP contribution >= 0.6 is 0 Å². The highest BCUT2D eigenvalue weighted by Crippen LogP contribution is 2.31. The highest BCUT2D eigenvalue weighted by atomic mass is 16.7. The number of amides is 1. The van der Waals surface area contributed by atoms with Crippen LogP contribution in [0.15, 0.2) is 82.7 Å². The van der Waals surface area contributed by atoms with E-state index < -0.39 is 5.91 Å². The first kappa shape index (κ1) is 19.5. The number of carbonyl (C=O) groups is 1. The number of rotatable bonds is 5. The number of fused-ring (bicyclic) bond motifs is 2. The largest absolute Gasteiger partial charge is 0.454 e. The summed E-state index contributed by atoms with van der Waals surface area (Å²) in [5.41, 5.74) is 4.01. The van der Waals surface area contributed by atoms with Crippen LogP contribution in [0.25, 0.3) is 10.8 Å². The Hall–Kier alpha value is -4.46. The molecule has 0 fully saturated rings. The van der Waals surface area contributed by atoms with Crippen LogP contribution in [0.3, 0.4) is 0 Å². The minimum atomic E-state index is -0.514. The third kappa shape index (κ3) is 3.81. The van der Waals surface area contributed by atoms with Gasteiger partial charge in [0.25, 0.3) is 11.5 Å². The summed E-state index contributed by atoms with van der Waals surface area (Å²) in [6, 6.07) is 21.7. The molecule has 0 radical (unpaired) electrons. The number of benzene rings is 3. The third-order valence-corrected chi connectivity index (χ3v) is 5.03. The Morgan fingerprint density at radius 2 is 1.75 bits per heavy atom. The number of ether oxygens (including phenoxy) is 2. The Bertz CT molecular complexity index is 1400. The zero-order valence-electron chi connectivity index (χ0n) is 16.9. The van der Waals surface area contributed by atoms with E-state index in [4.69, 9.17) is 9.47 Å². The molecule has 0 aliphatic carbocycles. The van der Waals surface area contributed by atoms with Crippen molar-refractivity contribution in [3.63, 3.8) is 0 Å². The highest BCUT2D eigenvalue weighted by Gasteiger charge is 2.17. The molecule has 1 N–H and O–H groups in total. The average molecular weight is 426 g/mol. The lowest BCUT2D eigenvalue weighted by molar-refractivity contribution is 0.0949. The van der Waals surface area contributed by atoms with E-state index in [1.54, 1.807) is 42.5 Å². The van der Waals surface area contributed by atoms with Crippen molar-refractivity contribution in [1.82, 2.24) is 15.2 Å². The van der Waals surface area contributed by atoms with Crippen LogP contribution in [0.1, 0.15) is 21.6 Å². The van der Waals surface area contributed by atoms with Gasteiger partial charge in [-0.2, -0.15) is 10.2 Å². The van der Waals surface area contributed by atoms with E-state index in [0.717, 1.165) is 11.1 Å². The van der Waals surface area contributed by atoms with Crippen LogP contribution in [0.5, 0.6) is 11.5 Å². The second-order valence-electron chi connectivity index (χ2n) is 7.15. The third-order valence-electron chi connectivity index (χ3n) is 5.03. The molecular weight excluding hydrogens is 408 g/mol. The lowest BCUT2D eigenvalue weighted by atomic mass is 10.1. The average Bonchev–Trinajstić information content (AvgIpc) is 3.29. The molecule has 158 valence electrons. The predicted octanol–water partition coefficient (Wildman–Crippen LogP) is 2.94. The quantitative estimate of drug-likeness (QED) is 0.391. The first-order valence-corrected chi connectivity index (χ1v) is 9.96. The van der Waals surface area contributed by atoms with Gasteiger partial charge in [-0.3, -0.25) is 9.59 Å². The standard InChI is InChI=1S/C24H18N4O4/c29-23(26-25-13-17-10-11-20-21(12-17)32-15-31-20)22-18-8-4-5-9-19(18)24(30)28(27-22)14-16-6-2-1-3-7-16/h1-13H,14-15H2,(H,26,29). The molecule has 0 bridgehead atoms. The maximum absolute atomic E-state index is 12.9. The van der Waals surface area contributed by atoms with Crippen LogP contribution in [0.4, 0.5) is 0 Å². The number of hydrogen-bond acceptors (Lipinski definition) is 6. The van der Waals surface area contributed by atoms with E-state index in [1.165, 1.54) is 10.9 Å². The summed E-state index contributed by atoms with van der Waals surface area (Å²) in [4.78, 5) is 25.8. The van der Waals surface area contributed by atoms with E-state index in [2.05, 4.69) is 15.6 Å². The number of hydrogen-bond donors (Lipinski definition) is 1. The number of hydrazone groups is 1. The van der Waals surface area contributed by atoms with E-state index in [-0.39, 0.29) is 24.6 Å². The molecule has 0 saturated heterocycles. The molecular formula is C24H18N4O4. The van der Waals surface area contributed by atoms with Gasteiger partial charge in [-0.05, 0) is 35.4 Å². The van der Waals surface area contributed by atoms with Crippen molar-refractivity contribution in [2.45, 2.75) is 6.54 Å². The molecule has 8 heteroatoms. The normalized spacial score (nSPS) is 12.4. The molecule has 1 amide bonds. The summed E-state index contributed by atoms with van der Waals surface area (Å²) in [5, 5.41) is 9.28. The minimum absolute atomic E-state index is 0.124. The molecule has 0 unspecified atom stereocenters. The van der Waals surface area contributed by atoms with Gasteiger partial charge in [0.05, 0.1) is 18.1 Å². The van der Waals surface area contributed by atoms with Gasteiger partial charge < -0.3 is 9.47 Å². The lowest BCUT2D eigenvalue weighted by Gasteiger charge is -2.10. The van der Waals surface area contributed by atoms with Crippen molar-refractivity contribution in [1.29, 1.82) is 0 Å². The monoisotopic (exact) mass is 426 g/mol. The van der Waals surface area contributed by atoms with Crippen molar-refractivity contribution in [3.05, 3.63) is 100.0 Å². The Morgan fingerprint density at radius 3 is 2.59 bits per heavy atom. The molecule has 5 rings (SSSR count). The fourth-order valence-electron chi connectivity index (χ4n) is 3.48. The van der Waals surface area contributed by atoms with Gasteiger partial charge in [-0.1, -0.05) is 48.5 Å². The van der Waals surface area contributed by atoms with E-state index in [9.17, 15) is 9.59 Å². The van der Waals surface area contributed by atoms with Gasteiger partial charge in [0.1, 0.15) is 0 Å². The van der Waals surface area contributed by atoms with Crippen LogP contribution in [-0.2, 0) is 6.54 Å². The van der Waals surface area contributed by atoms with Crippen LogP contribution in [0, 0.1) is 0 Å². The summed E-state index contributed by atoms with van der Waals surface area (Å²) >= 11 is 0. The van der Waals surface area contributed by atoms with Gasteiger partial charge in [-0.15, -0.1) is 0 Å². The van der Waals surface area contributed by atoms with Gasteiger partial charge >= 0.3 is 0 Å². The molecule has 0 atom stereocenters. The van der Waals surface area contributed by atoms with Crippen LogP contribution in [-0.4, -0.2) is 28.7 Å². The molecule has 0 saturated carbocycles. The molecule has 1 aliphatic heterocycles. The molecule has 3 aromatic carbocycles. The van der Waals surface area contributed by atoms with Gasteiger partial charge in [0, 0.05) is 5.39 Å². The fourth-order valence-corrected chi connectivity index (χ4v) is 3.48. The maximum atomic E-state index is 12.9. The summed E-state index contributed by atoms with van der Waals surface area (Å²) in [7, 11) is 0. The number of nitrogens with one attached hydrogen (secondary N) is 1. The highest BCUT2D eigenvalue weighted by molar-refractivity contribution is 6.05. The van der Waals surface area contributed by atoms with Crippen LogP contribution < -0.4 is 20.5 Å². The molecule has 4 aromatic rings. The summed E-state index contributed by atoms with van der Waals surface area (Å²) in [6.07, 6.45) is 1.50. The molecule has 0 spiro atoms.